The number of hydrogen-bond acceptors (Lipinski definition) is 1. The summed E-state index contributed by atoms with van der Waals surface area (Å²) in [4.78, 5) is 0. The van der Waals surface area contributed by atoms with E-state index < -0.39 is 0 Å². The number of benzene rings is 1. The number of aromatic hydroxyl groups is 1. The molecule has 0 saturated heterocycles. The molecular formula is C13H18O. The minimum atomic E-state index is 0.241. The molecule has 1 N–H and O–H groups in total. The third kappa shape index (κ3) is 1.15. The first-order valence-corrected chi connectivity index (χ1v) is 5.26. The zero-order chi connectivity index (χ0) is 10.5. The summed E-state index contributed by atoms with van der Waals surface area (Å²) in [5, 5.41) is 9.90. The van der Waals surface area contributed by atoms with Gasteiger partial charge in [-0.15, -0.1) is 0 Å². The Hall–Kier alpha value is -0.980. The summed E-state index contributed by atoms with van der Waals surface area (Å²) in [5.74, 6) is 0.485. The van der Waals surface area contributed by atoms with E-state index in [1.54, 1.807) is 0 Å². The van der Waals surface area contributed by atoms with E-state index in [9.17, 15) is 5.11 Å². The van der Waals surface area contributed by atoms with E-state index in [1.807, 2.05) is 13.8 Å². The van der Waals surface area contributed by atoms with Gasteiger partial charge in [0, 0.05) is 0 Å². The van der Waals surface area contributed by atoms with Crippen molar-refractivity contribution < 1.29 is 5.11 Å². The molecule has 0 aliphatic heterocycles. The zero-order valence-corrected chi connectivity index (χ0v) is 9.44. The fourth-order valence-corrected chi connectivity index (χ4v) is 2.77. The van der Waals surface area contributed by atoms with Gasteiger partial charge in [-0.1, -0.05) is 19.9 Å². The van der Waals surface area contributed by atoms with Crippen molar-refractivity contribution in [2.24, 2.45) is 0 Å². The topological polar surface area (TPSA) is 20.2 Å². The minimum absolute atomic E-state index is 0.241. The molecule has 0 amide bonds. The number of phenolic OH excluding ortho intramolecular Hbond substituents is 1. The lowest BCUT2D eigenvalue weighted by Crippen LogP contribution is -2.13. The van der Waals surface area contributed by atoms with Crippen molar-refractivity contribution >= 4 is 0 Å². The Morgan fingerprint density at radius 3 is 2.57 bits per heavy atom. The predicted octanol–water partition coefficient (Wildman–Crippen LogP) is 3.23. The van der Waals surface area contributed by atoms with E-state index in [2.05, 4.69) is 19.9 Å². The number of phenols is 1. The van der Waals surface area contributed by atoms with Crippen molar-refractivity contribution in [1.82, 2.24) is 0 Å². The van der Waals surface area contributed by atoms with Crippen molar-refractivity contribution in [2.75, 3.05) is 0 Å². The van der Waals surface area contributed by atoms with E-state index in [-0.39, 0.29) is 5.41 Å². The van der Waals surface area contributed by atoms with Crippen LogP contribution in [0, 0.1) is 13.8 Å². The van der Waals surface area contributed by atoms with Crippen LogP contribution in [0.5, 0.6) is 5.75 Å². The van der Waals surface area contributed by atoms with Gasteiger partial charge in [0.05, 0.1) is 0 Å². The van der Waals surface area contributed by atoms with Crippen LogP contribution in [-0.2, 0) is 11.8 Å². The second-order valence-electron chi connectivity index (χ2n) is 5.09. The van der Waals surface area contributed by atoms with Crippen LogP contribution < -0.4 is 0 Å². The Morgan fingerprint density at radius 2 is 1.93 bits per heavy atom. The quantitative estimate of drug-likeness (QED) is 0.666. The van der Waals surface area contributed by atoms with Crippen LogP contribution in [-0.4, -0.2) is 5.11 Å². The van der Waals surface area contributed by atoms with Crippen LogP contribution >= 0.6 is 0 Å². The molecule has 0 bridgehead atoms. The van der Waals surface area contributed by atoms with Gasteiger partial charge >= 0.3 is 0 Å². The van der Waals surface area contributed by atoms with Gasteiger partial charge in [-0.25, -0.2) is 0 Å². The summed E-state index contributed by atoms with van der Waals surface area (Å²) >= 11 is 0. The van der Waals surface area contributed by atoms with E-state index >= 15 is 0 Å². The summed E-state index contributed by atoms with van der Waals surface area (Å²) in [6.07, 6.45) is 2.36. The summed E-state index contributed by atoms with van der Waals surface area (Å²) in [7, 11) is 0. The average Bonchev–Trinajstić information content (AvgIpc) is 2.38. The van der Waals surface area contributed by atoms with Gasteiger partial charge in [0.2, 0.25) is 0 Å². The molecule has 0 fully saturated rings. The number of fused-ring (bicyclic) bond motifs is 1. The lowest BCUT2D eigenvalue weighted by Gasteiger charge is -2.22. The van der Waals surface area contributed by atoms with E-state index in [1.165, 1.54) is 17.5 Å². The van der Waals surface area contributed by atoms with Crippen LogP contribution in [0.15, 0.2) is 6.07 Å². The van der Waals surface area contributed by atoms with Gasteiger partial charge in [-0.2, -0.15) is 0 Å². The Bertz CT molecular complexity index is 389. The molecule has 1 aromatic carbocycles. The van der Waals surface area contributed by atoms with Crippen LogP contribution in [0.2, 0.25) is 0 Å². The first-order chi connectivity index (χ1) is 6.43. The molecule has 1 aliphatic rings. The molecule has 0 saturated carbocycles. The second-order valence-corrected chi connectivity index (χ2v) is 5.09. The highest BCUT2D eigenvalue weighted by Crippen LogP contribution is 2.43. The zero-order valence-electron chi connectivity index (χ0n) is 9.44. The van der Waals surface area contributed by atoms with Crippen LogP contribution in [0.1, 0.15) is 42.5 Å². The molecule has 0 aromatic heterocycles. The third-order valence-corrected chi connectivity index (χ3v) is 3.51. The summed E-state index contributed by atoms with van der Waals surface area (Å²) in [6.45, 7) is 8.55. The largest absolute Gasteiger partial charge is 0.507 e. The first-order valence-electron chi connectivity index (χ1n) is 5.26. The van der Waals surface area contributed by atoms with Crippen molar-refractivity contribution in [3.63, 3.8) is 0 Å². The Balaban J connectivity index is 2.73. The van der Waals surface area contributed by atoms with Crippen molar-refractivity contribution in [2.45, 2.75) is 46.0 Å². The number of aryl methyl sites for hydroxylation is 2. The molecule has 0 unspecified atom stereocenters. The molecule has 0 atom stereocenters. The molecule has 0 spiro atoms. The standard InChI is InChI=1S/C13H18O/c1-8-7-10-5-6-13(3,4)11(10)9(2)12(8)14/h7,14H,5-6H2,1-4H3. The fraction of sp³-hybridized carbons (Fsp3) is 0.538. The highest BCUT2D eigenvalue weighted by molar-refractivity contribution is 5.53. The van der Waals surface area contributed by atoms with Gasteiger partial charge in [0.25, 0.3) is 0 Å². The normalized spacial score (nSPS) is 18.3. The molecular weight excluding hydrogens is 172 g/mol. The third-order valence-electron chi connectivity index (χ3n) is 3.51. The summed E-state index contributed by atoms with van der Waals surface area (Å²) < 4.78 is 0. The Kier molecular flexibility index (Phi) is 1.88. The molecule has 0 heterocycles. The molecule has 14 heavy (non-hydrogen) atoms. The highest BCUT2D eigenvalue weighted by atomic mass is 16.3. The number of rotatable bonds is 0. The monoisotopic (exact) mass is 190 g/mol. The van der Waals surface area contributed by atoms with Gasteiger partial charge in [-0.05, 0) is 54.4 Å². The fourth-order valence-electron chi connectivity index (χ4n) is 2.77. The molecule has 76 valence electrons. The van der Waals surface area contributed by atoms with E-state index in [0.717, 1.165) is 17.5 Å². The SMILES string of the molecule is Cc1cc2c(c(C)c1O)C(C)(C)CC2. The Morgan fingerprint density at radius 1 is 1.29 bits per heavy atom. The van der Waals surface area contributed by atoms with Gasteiger partial charge in [0.1, 0.15) is 5.75 Å². The number of hydrogen-bond donors (Lipinski definition) is 1. The van der Waals surface area contributed by atoms with E-state index in [0.29, 0.717) is 5.75 Å². The average molecular weight is 190 g/mol. The molecule has 1 aliphatic carbocycles. The summed E-state index contributed by atoms with van der Waals surface area (Å²) in [6, 6.07) is 2.15. The molecule has 2 rings (SSSR count). The lowest BCUT2D eigenvalue weighted by atomic mass is 9.83. The predicted molar refractivity (Wildman–Crippen MR) is 58.9 cm³/mol. The molecule has 1 aromatic rings. The maximum atomic E-state index is 9.90. The molecule has 0 radical (unpaired) electrons. The first kappa shape index (κ1) is 9.57. The smallest absolute Gasteiger partial charge is 0.121 e. The van der Waals surface area contributed by atoms with Crippen LogP contribution in [0.25, 0.3) is 0 Å². The summed E-state index contributed by atoms with van der Waals surface area (Å²) in [5.41, 5.74) is 5.15. The van der Waals surface area contributed by atoms with Crippen LogP contribution in [0.3, 0.4) is 0 Å². The minimum Gasteiger partial charge on any atom is -0.507 e. The molecule has 1 heteroatoms. The van der Waals surface area contributed by atoms with E-state index in [4.69, 9.17) is 0 Å². The lowest BCUT2D eigenvalue weighted by molar-refractivity contribution is 0.460. The highest BCUT2D eigenvalue weighted by Gasteiger charge is 2.32. The van der Waals surface area contributed by atoms with Crippen molar-refractivity contribution in [3.05, 3.63) is 28.3 Å². The van der Waals surface area contributed by atoms with Gasteiger partial charge < -0.3 is 5.11 Å². The second kappa shape index (κ2) is 2.75. The van der Waals surface area contributed by atoms with Crippen molar-refractivity contribution in [3.8, 4) is 5.75 Å². The van der Waals surface area contributed by atoms with Crippen LogP contribution in [0.4, 0.5) is 0 Å². The Labute approximate surface area is 85.8 Å². The van der Waals surface area contributed by atoms with Gasteiger partial charge in [0.15, 0.2) is 0 Å². The maximum Gasteiger partial charge on any atom is 0.121 e. The van der Waals surface area contributed by atoms with Gasteiger partial charge in [-0.3, -0.25) is 0 Å². The maximum absolute atomic E-state index is 9.90. The molecule has 1 nitrogen and oxygen atoms in total. The van der Waals surface area contributed by atoms with Crippen molar-refractivity contribution in [1.29, 1.82) is 0 Å².